The number of hydrogen-bond donors (Lipinski definition) is 2. The van der Waals surface area contributed by atoms with Gasteiger partial charge < -0.3 is 14.9 Å². The second-order valence-corrected chi connectivity index (χ2v) is 3.82. The number of carboxylic acid groups (broad SMARTS) is 1. The van der Waals surface area contributed by atoms with Crippen LogP contribution in [0.1, 0.15) is 17.5 Å². The molecule has 0 aromatic heterocycles. The number of carbonyl (C=O) groups is 1. The van der Waals surface area contributed by atoms with Gasteiger partial charge in [-0.2, -0.15) is 0 Å². The largest absolute Gasteiger partial charge is 0.506 e. The number of benzene rings is 1. The van der Waals surface area contributed by atoms with Gasteiger partial charge in [0.1, 0.15) is 16.5 Å². The summed E-state index contributed by atoms with van der Waals surface area (Å²) in [5.74, 6) is -0.604. The smallest absolute Gasteiger partial charge is 0.303 e. The summed E-state index contributed by atoms with van der Waals surface area (Å²) < 4.78 is 5.03. The second kappa shape index (κ2) is 5.07. The summed E-state index contributed by atoms with van der Waals surface area (Å²) >= 11 is 5.90. The number of carboxylic acids is 1. The highest BCUT2D eigenvalue weighted by Gasteiger charge is 2.15. The maximum absolute atomic E-state index is 10.4. The normalized spacial score (nSPS) is 10.2. The van der Waals surface area contributed by atoms with E-state index in [0.717, 1.165) is 5.56 Å². The quantitative estimate of drug-likeness (QED) is 0.853. The van der Waals surface area contributed by atoms with Crippen LogP contribution in [0.25, 0.3) is 0 Å². The van der Waals surface area contributed by atoms with Gasteiger partial charge in [-0.3, -0.25) is 4.79 Å². The Morgan fingerprint density at radius 3 is 2.69 bits per heavy atom. The summed E-state index contributed by atoms with van der Waals surface area (Å²) in [5.41, 5.74) is 1.29. The molecule has 0 spiro atoms. The van der Waals surface area contributed by atoms with Crippen molar-refractivity contribution in [2.24, 2.45) is 0 Å². The van der Waals surface area contributed by atoms with Crippen LogP contribution in [0.15, 0.2) is 6.07 Å². The number of aromatic hydroxyl groups is 1. The number of methoxy groups -OCH3 is 1. The van der Waals surface area contributed by atoms with Gasteiger partial charge in [0.25, 0.3) is 0 Å². The standard InChI is InChI=1S/C11H13ClO4/c1-6-5-7(3-4-8(13)14)10(15)9(12)11(6)16-2/h5,15H,3-4H2,1-2H3,(H,13,14). The Kier molecular flexibility index (Phi) is 4.01. The van der Waals surface area contributed by atoms with Gasteiger partial charge in [0.05, 0.1) is 7.11 Å². The minimum Gasteiger partial charge on any atom is -0.506 e. The fraction of sp³-hybridized carbons (Fsp3) is 0.364. The highest BCUT2D eigenvalue weighted by atomic mass is 35.5. The van der Waals surface area contributed by atoms with E-state index in [4.69, 9.17) is 21.4 Å². The van der Waals surface area contributed by atoms with Crippen LogP contribution in [0.5, 0.6) is 11.5 Å². The van der Waals surface area contributed by atoms with Crippen molar-refractivity contribution in [1.82, 2.24) is 0 Å². The molecular weight excluding hydrogens is 232 g/mol. The van der Waals surface area contributed by atoms with E-state index in [-0.39, 0.29) is 23.6 Å². The molecule has 0 unspecified atom stereocenters. The minimum atomic E-state index is -0.913. The molecule has 0 aliphatic rings. The molecule has 4 nitrogen and oxygen atoms in total. The number of hydrogen-bond acceptors (Lipinski definition) is 3. The van der Waals surface area contributed by atoms with Crippen LogP contribution in [0.4, 0.5) is 0 Å². The Balaban J connectivity index is 3.08. The predicted octanol–water partition coefficient (Wildman–Crippen LogP) is 2.38. The molecule has 0 amide bonds. The first-order valence-electron chi connectivity index (χ1n) is 4.74. The fourth-order valence-electron chi connectivity index (χ4n) is 1.50. The van der Waals surface area contributed by atoms with E-state index >= 15 is 0 Å². The average Bonchev–Trinajstić information content (AvgIpc) is 2.22. The highest BCUT2D eigenvalue weighted by Crippen LogP contribution is 2.39. The summed E-state index contributed by atoms with van der Waals surface area (Å²) in [5, 5.41) is 18.4. The van der Waals surface area contributed by atoms with Gasteiger partial charge >= 0.3 is 5.97 Å². The average molecular weight is 245 g/mol. The van der Waals surface area contributed by atoms with E-state index in [2.05, 4.69) is 0 Å². The molecule has 0 aliphatic heterocycles. The number of phenolic OH excluding ortho intramolecular Hbond substituents is 1. The summed E-state index contributed by atoms with van der Waals surface area (Å²) in [6.07, 6.45) is 0.196. The van der Waals surface area contributed by atoms with Gasteiger partial charge in [-0.25, -0.2) is 0 Å². The molecular formula is C11H13ClO4. The zero-order valence-electron chi connectivity index (χ0n) is 9.08. The maximum atomic E-state index is 10.4. The summed E-state index contributed by atoms with van der Waals surface area (Å²) in [7, 11) is 1.46. The SMILES string of the molecule is COc1c(C)cc(CCC(=O)O)c(O)c1Cl. The van der Waals surface area contributed by atoms with Gasteiger partial charge in [0.15, 0.2) is 0 Å². The van der Waals surface area contributed by atoms with Gasteiger partial charge in [0.2, 0.25) is 0 Å². The number of aliphatic carboxylic acids is 1. The molecule has 1 rings (SSSR count). The van der Waals surface area contributed by atoms with Crippen LogP contribution in [0.2, 0.25) is 5.02 Å². The van der Waals surface area contributed by atoms with Crippen LogP contribution >= 0.6 is 11.6 Å². The molecule has 5 heteroatoms. The first-order valence-corrected chi connectivity index (χ1v) is 5.12. The molecule has 0 bridgehead atoms. The highest BCUT2D eigenvalue weighted by molar-refractivity contribution is 6.33. The molecule has 0 heterocycles. The Morgan fingerprint density at radius 2 is 2.19 bits per heavy atom. The van der Waals surface area contributed by atoms with Gasteiger partial charge in [-0.05, 0) is 30.5 Å². The lowest BCUT2D eigenvalue weighted by molar-refractivity contribution is -0.136. The van der Waals surface area contributed by atoms with E-state index in [0.29, 0.717) is 11.3 Å². The van der Waals surface area contributed by atoms with E-state index in [1.165, 1.54) is 7.11 Å². The number of phenols is 1. The van der Waals surface area contributed by atoms with Crippen molar-refractivity contribution in [2.45, 2.75) is 19.8 Å². The Hall–Kier alpha value is -1.42. The van der Waals surface area contributed by atoms with Crippen molar-refractivity contribution in [1.29, 1.82) is 0 Å². The fourth-order valence-corrected chi connectivity index (χ4v) is 1.85. The van der Waals surface area contributed by atoms with Gasteiger partial charge in [-0.15, -0.1) is 0 Å². The molecule has 2 N–H and O–H groups in total. The lowest BCUT2D eigenvalue weighted by Crippen LogP contribution is -1.99. The molecule has 16 heavy (non-hydrogen) atoms. The molecule has 0 saturated carbocycles. The van der Waals surface area contributed by atoms with Crippen molar-refractivity contribution >= 4 is 17.6 Å². The van der Waals surface area contributed by atoms with Crippen LogP contribution in [-0.4, -0.2) is 23.3 Å². The second-order valence-electron chi connectivity index (χ2n) is 3.44. The monoisotopic (exact) mass is 244 g/mol. The lowest BCUT2D eigenvalue weighted by atomic mass is 10.0. The molecule has 0 fully saturated rings. The zero-order chi connectivity index (χ0) is 12.3. The number of ether oxygens (including phenoxy) is 1. The van der Waals surface area contributed by atoms with Crippen molar-refractivity contribution in [3.8, 4) is 11.5 Å². The Labute approximate surface area is 98.4 Å². The van der Waals surface area contributed by atoms with Crippen LogP contribution < -0.4 is 4.74 Å². The predicted molar refractivity (Wildman–Crippen MR) is 60.4 cm³/mol. The Morgan fingerprint density at radius 1 is 1.56 bits per heavy atom. The van der Waals surface area contributed by atoms with Crippen molar-refractivity contribution in [3.63, 3.8) is 0 Å². The van der Waals surface area contributed by atoms with Crippen molar-refractivity contribution in [2.75, 3.05) is 7.11 Å². The van der Waals surface area contributed by atoms with Crippen LogP contribution in [0, 0.1) is 6.92 Å². The third kappa shape index (κ3) is 2.58. The molecule has 1 aromatic carbocycles. The summed E-state index contributed by atoms with van der Waals surface area (Å²) in [6.45, 7) is 1.79. The van der Waals surface area contributed by atoms with Gasteiger partial charge in [-0.1, -0.05) is 11.6 Å². The zero-order valence-corrected chi connectivity index (χ0v) is 9.84. The number of halogens is 1. The molecule has 1 aromatic rings. The van der Waals surface area contributed by atoms with Crippen LogP contribution in [-0.2, 0) is 11.2 Å². The van der Waals surface area contributed by atoms with Crippen molar-refractivity contribution in [3.05, 3.63) is 22.2 Å². The van der Waals surface area contributed by atoms with E-state index in [1.54, 1.807) is 13.0 Å². The molecule has 0 radical (unpaired) electrons. The van der Waals surface area contributed by atoms with E-state index in [9.17, 15) is 9.90 Å². The van der Waals surface area contributed by atoms with E-state index in [1.807, 2.05) is 0 Å². The minimum absolute atomic E-state index is 0.0460. The van der Waals surface area contributed by atoms with Gasteiger partial charge in [0, 0.05) is 6.42 Å². The third-order valence-electron chi connectivity index (χ3n) is 2.27. The summed E-state index contributed by atoms with van der Waals surface area (Å²) in [6, 6.07) is 1.68. The van der Waals surface area contributed by atoms with Crippen molar-refractivity contribution < 1.29 is 19.7 Å². The number of rotatable bonds is 4. The number of aryl methyl sites for hydroxylation is 2. The Bertz CT molecular complexity index is 415. The first-order chi connectivity index (χ1) is 7.47. The maximum Gasteiger partial charge on any atom is 0.303 e. The van der Waals surface area contributed by atoms with Crippen LogP contribution in [0.3, 0.4) is 0 Å². The third-order valence-corrected chi connectivity index (χ3v) is 2.62. The lowest BCUT2D eigenvalue weighted by Gasteiger charge is -2.12. The molecule has 0 aliphatic carbocycles. The first kappa shape index (κ1) is 12.6. The topological polar surface area (TPSA) is 66.8 Å². The molecule has 0 atom stereocenters. The molecule has 0 saturated heterocycles. The summed E-state index contributed by atoms with van der Waals surface area (Å²) in [4.78, 5) is 10.4. The van der Waals surface area contributed by atoms with E-state index < -0.39 is 5.97 Å². The molecule has 88 valence electrons.